The van der Waals surface area contributed by atoms with Crippen molar-refractivity contribution < 1.29 is 30.6 Å². The molecule has 0 spiro atoms. The van der Waals surface area contributed by atoms with Crippen LogP contribution in [0.1, 0.15) is 52.7 Å². The van der Waals surface area contributed by atoms with Crippen LogP contribution in [0.15, 0.2) is 77.3 Å². The minimum Gasteiger partial charge on any atom is -0.507 e. The second-order valence-electron chi connectivity index (χ2n) is 12.7. The molecule has 0 unspecified atom stereocenters. The molecule has 214 valence electrons. The number of hydrogen-bond acceptors (Lipinski definition) is 5. The fourth-order valence-electron chi connectivity index (χ4n) is 5.60. The summed E-state index contributed by atoms with van der Waals surface area (Å²) in [5.74, 6) is 0.901. The molecule has 6 nitrogen and oxygen atoms in total. The Balaban J connectivity index is 0.00000316. The Hall–Kier alpha value is -4.02. The van der Waals surface area contributed by atoms with Gasteiger partial charge >= 0.3 is 0 Å². The Morgan fingerprint density at radius 2 is 1.57 bits per heavy atom. The van der Waals surface area contributed by atoms with Crippen molar-refractivity contribution in [3.63, 3.8) is 0 Å². The van der Waals surface area contributed by atoms with E-state index in [1.54, 1.807) is 12.3 Å². The van der Waals surface area contributed by atoms with E-state index in [1.807, 2.05) is 12.1 Å². The average Bonchev–Trinajstić information content (AvgIpc) is 3.48. The molecule has 7 rings (SSSR count). The van der Waals surface area contributed by atoms with Crippen LogP contribution in [0.3, 0.4) is 0 Å². The van der Waals surface area contributed by atoms with Gasteiger partial charge in [0.1, 0.15) is 22.5 Å². The van der Waals surface area contributed by atoms with Gasteiger partial charge in [0.25, 0.3) is 0 Å². The molecular weight excluding hydrogens is 703 g/mol. The normalized spacial score (nSPS) is 12.4. The molecule has 7 heteroatoms. The Morgan fingerprint density at radius 3 is 2.33 bits per heavy atom. The first kappa shape index (κ1) is 28.1. The maximum absolute atomic E-state index is 10.8. The standard InChI is InChI=1S/C35H31N4O2.Pt/c1-34(2,3)20-17-24(37-29(18-20)39-26-13-9-7-11-21(26)22-12-8-10-14-27(22)39)25-19-23(35(4,5)6)32-31(38-25)30-28(40)15-16-36-33(30)41-32;/h7-13,15-19H,1-6H3,(H,36,40);/q-1;. The predicted molar refractivity (Wildman–Crippen MR) is 165 cm³/mol. The first-order valence-corrected chi connectivity index (χ1v) is 13.9. The molecule has 0 saturated carbocycles. The molecule has 0 saturated heterocycles. The van der Waals surface area contributed by atoms with Crippen LogP contribution in [0.2, 0.25) is 0 Å². The Kier molecular flexibility index (Phi) is 6.54. The molecule has 7 aromatic rings. The molecule has 0 radical (unpaired) electrons. The molecule has 5 heterocycles. The number of aromatic nitrogens is 4. The third kappa shape index (κ3) is 4.40. The van der Waals surface area contributed by atoms with Crippen LogP contribution in [0.5, 0.6) is 5.75 Å². The van der Waals surface area contributed by atoms with Crippen molar-refractivity contribution in [2.75, 3.05) is 0 Å². The predicted octanol–water partition coefficient (Wildman–Crippen LogP) is 8.63. The van der Waals surface area contributed by atoms with Crippen LogP contribution in [-0.2, 0) is 31.9 Å². The number of furan rings is 1. The van der Waals surface area contributed by atoms with Crippen LogP contribution in [0, 0.1) is 6.07 Å². The fraction of sp³-hybridized carbons (Fsp3) is 0.229. The quantitative estimate of drug-likeness (QED) is 0.180. The Bertz CT molecular complexity index is 2090. The van der Waals surface area contributed by atoms with Crippen LogP contribution in [-0.4, -0.2) is 24.6 Å². The summed E-state index contributed by atoms with van der Waals surface area (Å²) < 4.78 is 8.37. The smallest absolute Gasteiger partial charge is 0.232 e. The molecule has 0 bridgehead atoms. The van der Waals surface area contributed by atoms with E-state index in [4.69, 9.17) is 14.4 Å². The maximum atomic E-state index is 10.8. The summed E-state index contributed by atoms with van der Waals surface area (Å²) in [5, 5.41) is 13.6. The molecule has 5 aromatic heterocycles. The van der Waals surface area contributed by atoms with Crippen molar-refractivity contribution in [3.8, 4) is 23.0 Å². The second kappa shape index (κ2) is 9.77. The van der Waals surface area contributed by atoms with E-state index < -0.39 is 0 Å². The zero-order chi connectivity index (χ0) is 28.7. The van der Waals surface area contributed by atoms with Gasteiger partial charge in [0, 0.05) is 38.3 Å². The summed E-state index contributed by atoms with van der Waals surface area (Å²) in [4.78, 5) is 14.7. The van der Waals surface area contributed by atoms with Gasteiger partial charge in [-0.15, -0.1) is 5.39 Å². The van der Waals surface area contributed by atoms with Crippen molar-refractivity contribution in [1.82, 2.24) is 19.5 Å². The van der Waals surface area contributed by atoms with Gasteiger partial charge in [-0.1, -0.05) is 65.3 Å². The summed E-state index contributed by atoms with van der Waals surface area (Å²) in [6, 6.07) is 25.9. The van der Waals surface area contributed by atoms with Crippen LogP contribution in [0.25, 0.3) is 61.2 Å². The van der Waals surface area contributed by atoms with E-state index in [9.17, 15) is 5.11 Å². The molecule has 0 fully saturated rings. The number of rotatable bonds is 2. The van der Waals surface area contributed by atoms with Gasteiger partial charge in [0.2, 0.25) is 5.71 Å². The van der Waals surface area contributed by atoms with E-state index in [2.05, 4.69) is 106 Å². The number of para-hydroxylation sites is 2. The number of hydrogen-bond donors (Lipinski definition) is 1. The van der Waals surface area contributed by atoms with Gasteiger partial charge < -0.3 is 14.1 Å². The van der Waals surface area contributed by atoms with E-state index in [0.29, 0.717) is 27.9 Å². The number of nitrogens with zero attached hydrogens (tertiary/aromatic N) is 4. The van der Waals surface area contributed by atoms with Gasteiger partial charge in [0.05, 0.1) is 11.4 Å². The van der Waals surface area contributed by atoms with Crippen molar-refractivity contribution in [1.29, 1.82) is 0 Å². The summed E-state index contributed by atoms with van der Waals surface area (Å²) >= 11 is 0. The van der Waals surface area contributed by atoms with Crippen LogP contribution in [0.4, 0.5) is 0 Å². The van der Waals surface area contributed by atoms with E-state index in [0.717, 1.165) is 44.4 Å². The zero-order valence-electron chi connectivity index (χ0n) is 24.4. The topological polar surface area (TPSA) is 77.0 Å². The Labute approximate surface area is 258 Å². The fourth-order valence-corrected chi connectivity index (χ4v) is 5.60. The number of benzene rings is 2. The number of pyridine rings is 3. The van der Waals surface area contributed by atoms with Crippen molar-refractivity contribution in [3.05, 3.63) is 90.1 Å². The van der Waals surface area contributed by atoms with Gasteiger partial charge in [-0.3, -0.25) is 0 Å². The molecule has 0 aliphatic carbocycles. The monoisotopic (exact) mass is 734 g/mol. The van der Waals surface area contributed by atoms with Crippen LogP contribution < -0.4 is 0 Å². The van der Waals surface area contributed by atoms with Crippen molar-refractivity contribution in [2.45, 2.75) is 52.4 Å². The van der Waals surface area contributed by atoms with E-state index in [1.165, 1.54) is 0 Å². The summed E-state index contributed by atoms with van der Waals surface area (Å²) in [6.45, 7) is 13.0. The van der Waals surface area contributed by atoms with Gasteiger partial charge in [-0.25, -0.2) is 15.0 Å². The largest absolute Gasteiger partial charge is 0.507 e. The zero-order valence-corrected chi connectivity index (χ0v) is 26.7. The summed E-state index contributed by atoms with van der Waals surface area (Å²) in [7, 11) is 0. The van der Waals surface area contributed by atoms with Gasteiger partial charge in [-0.2, -0.15) is 24.3 Å². The molecule has 0 aliphatic heterocycles. The third-order valence-corrected chi connectivity index (χ3v) is 7.77. The van der Waals surface area contributed by atoms with Gasteiger partial charge in [0.15, 0.2) is 5.58 Å². The van der Waals surface area contributed by atoms with Crippen molar-refractivity contribution in [2.24, 2.45) is 0 Å². The van der Waals surface area contributed by atoms with E-state index in [-0.39, 0.29) is 37.6 Å². The maximum Gasteiger partial charge on any atom is 0.232 e. The third-order valence-electron chi connectivity index (χ3n) is 7.77. The Morgan fingerprint density at radius 1 is 0.833 bits per heavy atom. The molecule has 2 aromatic carbocycles. The van der Waals surface area contributed by atoms with Gasteiger partial charge in [-0.05, 0) is 52.1 Å². The molecule has 0 atom stereocenters. The summed E-state index contributed by atoms with van der Waals surface area (Å²) in [6.07, 6.45) is 1.54. The van der Waals surface area contributed by atoms with Crippen molar-refractivity contribution >= 4 is 44.0 Å². The summed E-state index contributed by atoms with van der Waals surface area (Å²) in [5.41, 5.74) is 6.82. The average molecular weight is 735 g/mol. The molecule has 0 aliphatic rings. The number of aromatic hydroxyl groups is 1. The SMILES string of the molecule is CC(C)(C)c1cc(-c2cc(C(C)(C)C)c3oc4nccc(O)c4c3n2)nc(-n2c3[c-]cccc3c3ccccc32)c1.[Pt]. The van der Waals surface area contributed by atoms with Crippen LogP contribution >= 0.6 is 0 Å². The first-order chi connectivity index (χ1) is 19.5. The number of fused-ring (bicyclic) bond motifs is 6. The minimum atomic E-state index is -0.258. The molecule has 0 amide bonds. The van der Waals surface area contributed by atoms with E-state index >= 15 is 0 Å². The first-order valence-electron chi connectivity index (χ1n) is 13.9. The second-order valence-corrected chi connectivity index (χ2v) is 12.7. The molecular formula is C35H31N4O2Pt-. The minimum absolute atomic E-state index is 0. The molecule has 1 N–H and O–H groups in total. The molecule has 42 heavy (non-hydrogen) atoms.